The Kier molecular flexibility index (Phi) is 7.07. The van der Waals surface area contributed by atoms with Gasteiger partial charge in [0.05, 0.1) is 18.0 Å². The summed E-state index contributed by atoms with van der Waals surface area (Å²) in [4.78, 5) is 16.2. The van der Waals surface area contributed by atoms with E-state index in [4.69, 9.17) is 10.6 Å². The Labute approximate surface area is 173 Å². The number of hydrogen-bond donors (Lipinski definition) is 2. The molecule has 152 valence electrons. The number of pyridine rings is 1. The monoisotopic (exact) mass is 412 g/mol. The van der Waals surface area contributed by atoms with Crippen molar-refractivity contribution in [2.45, 2.75) is 38.1 Å². The summed E-state index contributed by atoms with van der Waals surface area (Å²) in [5.74, 6) is 7.77. The predicted molar refractivity (Wildman–Crippen MR) is 112 cm³/mol. The van der Waals surface area contributed by atoms with Crippen LogP contribution in [0.1, 0.15) is 36.8 Å². The van der Waals surface area contributed by atoms with Crippen LogP contribution in [0.2, 0.25) is 0 Å². The van der Waals surface area contributed by atoms with Gasteiger partial charge < -0.3 is 15.9 Å². The van der Waals surface area contributed by atoms with Gasteiger partial charge in [-0.2, -0.15) is 0 Å². The molecule has 0 radical (unpaired) electrons. The van der Waals surface area contributed by atoms with Crippen LogP contribution in [-0.4, -0.2) is 31.5 Å². The van der Waals surface area contributed by atoms with E-state index in [-0.39, 0.29) is 18.3 Å². The summed E-state index contributed by atoms with van der Waals surface area (Å²) in [7, 11) is 0. The third-order valence-corrected chi connectivity index (χ3v) is 5.12. The largest absolute Gasteiger partial charge is 0.486 e. The number of rotatable bonds is 9. The van der Waals surface area contributed by atoms with E-state index in [0.29, 0.717) is 23.4 Å². The number of nitrogens with two attached hydrogens (primary N) is 1. The number of nitrogens with zero attached hydrogens (tertiary/aromatic N) is 4. The second-order valence-corrected chi connectivity index (χ2v) is 7.61. The normalized spacial score (nSPS) is 10.9. The van der Waals surface area contributed by atoms with E-state index in [1.807, 2.05) is 42.5 Å². The standard InChI is InChI=1S/C20H24N6O2S/c1-14(2)15-6-8-17(9-7-15)28-12-18-24-25-20(26(18)21)29-13-19(27)23-11-16-5-3-4-10-22-16/h3-10,14H,11-13,21H2,1-2H3,(H,23,27). The van der Waals surface area contributed by atoms with Crippen LogP contribution in [0.5, 0.6) is 5.75 Å². The third kappa shape index (κ3) is 5.95. The van der Waals surface area contributed by atoms with Gasteiger partial charge in [-0.1, -0.05) is 43.8 Å². The maximum absolute atomic E-state index is 12.0. The number of benzene rings is 1. The number of carbonyl (C=O) groups is 1. The van der Waals surface area contributed by atoms with Crippen LogP contribution in [0, 0.1) is 0 Å². The molecule has 0 atom stereocenters. The number of aromatic nitrogens is 4. The van der Waals surface area contributed by atoms with Gasteiger partial charge in [0.15, 0.2) is 5.82 Å². The molecule has 0 saturated heterocycles. The van der Waals surface area contributed by atoms with Gasteiger partial charge in [0, 0.05) is 6.20 Å². The molecule has 1 aromatic carbocycles. The van der Waals surface area contributed by atoms with Crippen molar-refractivity contribution < 1.29 is 9.53 Å². The van der Waals surface area contributed by atoms with Crippen LogP contribution >= 0.6 is 11.8 Å². The van der Waals surface area contributed by atoms with Crippen molar-refractivity contribution in [1.82, 2.24) is 25.2 Å². The van der Waals surface area contributed by atoms with Gasteiger partial charge in [0.2, 0.25) is 11.1 Å². The minimum absolute atomic E-state index is 0.133. The number of amides is 1. The molecule has 0 fully saturated rings. The molecule has 0 bridgehead atoms. The Bertz CT molecular complexity index is 928. The van der Waals surface area contributed by atoms with Gasteiger partial charge in [-0.3, -0.25) is 9.78 Å². The molecule has 2 heterocycles. The summed E-state index contributed by atoms with van der Waals surface area (Å²) in [5, 5.41) is 11.3. The van der Waals surface area contributed by atoms with Gasteiger partial charge in [0.1, 0.15) is 12.4 Å². The zero-order valence-electron chi connectivity index (χ0n) is 16.4. The highest BCUT2D eigenvalue weighted by Crippen LogP contribution is 2.20. The van der Waals surface area contributed by atoms with E-state index in [1.54, 1.807) is 6.20 Å². The van der Waals surface area contributed by atoms with Crippen molar-refractivity contribution in [2.24, 2.45) is 0 Å². The number of carbonyl (C=O) groups excluding carboxylic acids is 1. The Morgan fingerprint density at radius 2 is 2.00 bits per heavy atom. The summed E-state index contributed by atoms with van der Waals surface area (Å²) in [6.45, 7) is 4.86. The van der Waals surface area contributed by atoms with E-state index in [2.05, 4.69) is 34.3 Å². The Hall–Kier alpha value is -3.07. The second-order valence-electron chi connectivity index (χ2n) is 6.67. The van der Waals surface area contributed by atoms with E-state index in [1.165, 1.54) is 22.0 Å². The smallest absolute Gasteiger partial charge is 0.230 e. The summed E-state index contributed by atoms with van der Waals surface area (Å²) in [5.41, 5.74) is 2.05. The van der Waals surface area contributed by atoms with Crippen molar-refractivity contribution in [1.29, 1.82) is 0 Å². The first-order valence-corrected chi connectivity index (χ1v) is 10.2. The van der Waals surface area contributed by atoms with Crippen molar-refractivity contribution in [3.05, 3.63) is 65.7 Å². The number of thioether (sulfide) groups is 1. The topological polar surface area (TPSA) is 108 Å². The van der Waals surface area contributed by atoms with E-state index < -0.39 is 0 Å². The highest BCUT2D eigenvalue weighted by atomic mass is 32.2. The maximum atomic E-state index is 12.0. The van der Waals surface area contributed by atoms with Crippen molar-refractivity contribution in [3.8, 4) is 5.75 Å². The van der Waals surface area contributed by atoms with Crippen molar-refractivity contribution >= 4 is 17.7 Å². The lowest BCUT2D eigenvalue weighted by atomic mass is 10.0. The van der Waals surface area contributed by atoms with Crippen LogP contribution in [-0.2, 0) is 17.9 Å². The molecule has 29 heavy (non-hydrogen) atoms. The zero-order valence-corrected chi connectivity index (χ0v) is 17.2. The number of nitrogen functional groups attached to an aromatic ring is 1. The number of ether oxygens (including phenoxy) is 1. The molecule has 0 unspecified atom stereocenters. The van der Waals surface area contributed by atoms with Crippen LogP contribution < -0.4 is 15.9 Å². The van der Waals surface area contributed by atoms with Crippen molar-refractivity contribution in [2.75, 3.05) is 11.6 Å². The van der Waals surface area contributed by atoms with Gasteiger partial charge in [0.25, 0.3) is 0 Å². The molecule has 8 nitrogen and oxygen atoms in total. The van der Waals surface area contributed by atoms with Crippen LogP contribution in [0.3, 0.4) is 0 Å². The lowest BCUT2D eigenvalue weighted by Crippen LogP contribution is -2.25. The fourth-order valence-electron chi connectivity index (χ4n) is 2.47. The molecule has 0 spiro atoms. The van der Waals surface area contributed by atoms with E-state index in [0.717, 1.165) is 11.4 Å². The molecule has 3 N–H and O–H groups in total. The van der Waals surface area contributed by atoms with Gasteiger partial charge in [-0.25, -0.2) is 4.68 Å². The van der Waals surface area contributed by atoms with Crippen LogP contribution in [0.15, 0.2) is 53.8 Å². The highest BCUT2D eigenvalue weighted by Gasteiger charge is 2.13. The highest BCUT2D eigenvalue weighted by molar-refractivity contribution is 7.99. The molecule has 0 saturated carbocycles. The molecule has 2 aromatic heterocycles. The third-order valence-electron chi connectivity index (χ3n) is 4.18. The van der Waals surface area contributed by atoms with Gasteiger partial charge in [-0.15, -0.1) is 10.2 Å². The van der Waals surface area contributed by atoms with Gasteiger partial charge in [-0.05, 0) is 35.7 Å². The average Bonchev–Trinajstić information content (AvgIpc) is 3.09. The Balaban J connectivity index is 1.46. The van der Waals surface area contributed by atoms with E-state index >= 15 is 0 Å². The van der Waals surface area contributed by atoms with Gasteiger partial charge >= 0.3 is 0 Å². The minimum Gasteiger partial charge on any atom is -0.486 e. The fraction of sp³-hybridized carbons (Fsp3) is 0.300. The van der Waals surface area contributed by atoms with Crippen molar-refractivity contribution in [3.63, 3.8) is 0 Å². The first-order chi connectivity index (χ1) is 14.0. The number of hydrogen-bond acceptors (Lipinski definition) is 7. The Morgan fingerprint density at radius 3 is 2.69 bits per heavy atom. The maximum Gasteiger partial charge on any atom is 0.230 e. The Morgan fingerprint density at radius 1 is 1.21 bits per heavy atom. The molecule has 0 aliphatic rings. The molecule has 1 amide bonds. The lowest BCUT2D eigenvalue weighted by Gasteiger charge is -2.09. The summed E-state index contributed by atoms with van der Waals surface area (Å²) < 4.78 is 7.08. The quantitative estimate of drug-likeness (QED) is 0.411. The molecular formula is C20H24N6O2S. The summed E-state index contributed by atoms with van der Waals surface area (Å²) >= 11 is 1.21. The summed E-state index contributed by atoms with van der Waals surface area (Å²) in [6.07, 6.45) is 1.69. The SMILES string of the molecule is CC(C)c1ccc(OCc2nnc(SCC(=O)NCc3ccccn3)n2N)cc1. The average molecular weight is 413 g/mol. The van der Waals surface area contributed by atoms with Crippen LogP contribution in [0.25, 0.3) is 0 Å². The first-order valence-electron chi connectivity index (χ1n) is 9.24. The molecule has 3 aromatic rings. The number of nitrogens with one attached hydrogen (secondary N) is 1. The molecule has 0 aliphatic heterocycles. The fourth-order valence-corrected chi connectivity index (χ4v) is 3.18. The minimum atomic E-state index is -0.133. The zero-order chi connectivity index (χ0) is 20.6. The predicted octanol–water partition coefficient (Wildman–Crippen LogP) is 2.50. The lowest BCUT2D eigenvalue weighted by molar-refractivity contribution is -0.118. The molecule has 9 heteroatoms. The molecule has 0 aliphatic carbocycles. The molecular weight excluding hydrogens is 388 g/mol. The van der Waals surface area contributed by atoms with E-state index in [9.17, 15) is 4.79 Å². The first kappa shape index (κ1) is 20.7. The van der Waals surface area contributed by atoms with Crippen LogP contribution in [0.4, 0.5) is 0 Å². The second kappa shape index (κ2) is 9.92. The molecule has 3 rings (SSSR count). The summed E-state index contributed by atoms with van der Waals surface area (Å²) in [6, 6.07) is 13.5.